The van der Waals surface area contributed by atoms with E-state index < -0.39 is 0 Å². The molecule has 7 heteroatoms. The summed E-state index contributed by atoms with van der Waals surface area (Å²) in [7, 11) is 0. The summed E-state index contributed by atoms with van der Waals surface area (Å²) in [5, 5.41) is 6.64. The summed E-state index contributed by atoms with van der Waals surface area (Å²) >= 11 is 0. The maximum atomic E-state index is 13.5. The normalized spacial score (nSPS) is 11.6. The van der Waals surface area contributed by atoms with Gasteiger partial charge in [-0.05, 0) is 81.3 Å². The van der Waals surface area contributed by atoms with E-state index in [1.54, 1.807) is 42.7 Å². The Hall–Kier alpha value is -4.65. The molecule has 2 aromatic carbocycles. The first-order valence-corrected chi connectivity index (χ1v) is 12.6. The van der Waals surface area contributed by atoms with Gasteiger partial charge in [-0.1, -0.05) is 24.6 Å². The number of fused-ring (bicyclic) bond motifs is 1. The van der Waals surface area contributed by atoms with Crippen LogP contribution in [0.5, 0.6) is 0 Å². The Morgan fingerprint density at radius 1 is 1.03 bits per heavy atom. The van der Waals surface area contributed by atoms with Crippen LogP contribution < -0.4 is 10.6 Å². The SMILES string of the molecule is C/C=C(/CNC(=O)c1ccc(NC(=O)c2cc(-c3cccnc3)nc3c(C)cc(C)cc23)cc1)N=CCC. The number of aliphatic imine (C=N–C) groups is 1. The van der Waals surface area contributed by atoms with Gasteiger partial charge in [0, 0.05) is 40.8 Å². The molecule has 0 saturated carbocycles. The van der Waals surface area contributed by atoms with E-state index in [9.17, 15) is 9.59 Å². The van der Waals surface area contributed by atoms with Crippen LogP contribution in [-0.2, 0) is 0 Å². The van der Waals surface area contributed by atoms with Gasteiger partial charge in [0.1, 0.15) is 0 Å². The summed E-state index contributed by atoms with van der Waals surface area (Å²) in [4.78, 5) is 39.5. The average Bonchev–Trinajstić information content (AvgIpc) is 2.93. The molecule has 4 aromatic rings. The molecule has 192 valence electrons. The van der Waals surface area contributed by atoms with Crippen molar-refractivity contribution in [3.05, 3.63) is 101 Å². The van der Waals surface area contributed by atoms with Crippen LogP contribution in [0, 0.1) is 13.8 Å². The highest BCUT2D eigenvalue weighted by molar-refractivity contribution is 6.13. The van der Waals surface area contributed by atoms with Crippen LogP contribution in [0.4, 0.5) is 5.69 Å². The van der Waals surface area contributed by atoms with Gasteiger partial charge in [0.05, 0.1) is 29.0 Å². The molecule has 0 bridgehead atoms. The fraction of sp³-hybridized carbons (Fsp3) is 0.194. The van der Waals surface area contributed by atoms with Crippen LogP contribution in [0.25, 0.3) is 22.2 Å². The van der Waals surface area contributed by atoms with E-state index in [2.05, 4.69) is 26.7 Å². The van der Waals surface area contributed by atoms with Crippen LogP contribution in [0.15, 0.2) is 83.8 Å². The number of anilines is 1. The van der Waals surface area contributed by atoms with Crippen LogP contribution in [-0.4, -0.2) is 34.5 Å². The standard InChI is InChI=1S/C31H31N5O2/c1-5-13-33-24(6-2)19-34-30(37)22-9-11-25(12-10-22)35-31(38)27-17-28(23-8-7-14-32-18-23)36-29-21(4)15-20(3)16-26(27)29/h6-18H,5,19H2,1-4H3,(H,34,37)(H,35,38)/b24-6-,33-13?. The summed E-state index contributed by atoms with van der Waals surface area (Å²) in [5.41, 5.74) is 6.74. The van der Waals surface area contributed by atoms with E-state index >= 15 is 0 Å². The summed E-state index contributed by atoms with van der Waals surface area (Å²) in [5.74, 6) is -0.461. The third-order valence-corrected chi connectivity index (χ3v) is 6.06. The average molecular weight is 506 g/mol. The van der Waals surface area contributed by atoms with Crippen molar-refractivity contribution in [2.24, 2.45) is 4.99 Å². The third-order valence-electron chi connectivity index (χ3n) is 6.06. The van der Waals surface area contributed by atoms with E-state index in [-0.39, 0.29) is 11.8 Å². The quantitative estimate of drug-likeness (QED) is 0.275. The lowest BCUT2D eigenvalue weighted by atomic mass is 9.99. The second-order valence-corrected chi connectivity index (χ2v) is 8.99. The second kappa shape index (κ2) is 12.1. The van der Waals surface area contributed by atoms with Gasteiger partial charge in [0.25, 0.3) is 11.8 Å². The first-order chi connectivity index (χ1) is 18.4. The minimum atomic E-state index is -0.253. The number of aromatic nitrogens is 2. The molecule has 2 amide bonds. The molecule has 7 nitrogen and oxygen atoms in total. The fourth-order valence-electron chi connectivity index (χ4n) is 4.14. The number of allylic oxidation sites excluding steroid dienone is 1. The van der Waals surface area contributed by atoms with Crippen molar-refractivity contribution >= 4 is 34.6 Å². The van der Waals surface area contributed by atoms with Crippen molar-refractivity contribution in [2.75, 3.05) is 11.9 Å². The van der Waals surface area contributed by atoms with Gasteiger partial charge in [0.2, 0.25) is 0 Å². The molecule has 0 aliphatic heterocycles. The Morgan fingerprint density at radius 3 is 2.50 bits per heavy atom. The van der Waals surface area contributed by atoms with Gasteiger partial charge >= 0.3 is 0 Å². The Labute approximate surface area is 222 Å². The summed E-state index contributed by atoms with van der Waals surface area (Å²) < 4.78 is 0. The Balaban J connectivity index is 1.56. The van der Waals surface area contributed by atoms with Crippen molar-refractivity contribution in [2.45, 2.75) is 34.1 Å². The lowest BCUT2D eigenvalue weighted by Gasteiger charge is -2.13. The molecule has 0 fully saturated rings. The molecule has 2 heterocycles. The maximum absolute atomic E-state index is 13.5. The van der Waals surface area contributed by atoms with Gasteiger partial charge in [-0.15, -0.1) is 0 Å². The predicted octanol–water partition coefficient (Wildman–Crippen LogP) is 6.28. The monoisotopic (exact) mass is 505 g/mol. The number of carbonyl (C=O) groups excluding carboxylic acids is 2. The van der Waals surface area contributed by atoms with Crippen LogP contribution in [0.1, 0.15) is 52.1 Å². The number of nitrogens with one attached hydrogen (secondary N) is 2. The minimum Gasteiger partial charge on any atom is -0.346 e. The zero-order chi connectivity index (χ0) is 27.1. The van der Waals surface area contributed by atoms with Gasteiger partial charge in [-0.3, -0.25) is 19.6 Å². The Bertz CT molecular complexity index is 1520. The molecule has 2 aromatic heterocycles. The number of aryl methyl sites for hydroxylation is 2. The number of hydrogen-bond donors (Lipinski definition) is 2. The number of benzene rings is 2. The van der Waals surface area contributed by atoms with E-state index in [1.807, 2.05) is 58.2 Å². The second-order valence-electron chi connectivity index (χ2n) is 8.99. The van der Waals surface area contributed by atoms with Crippen molar-refractivity contribution in [3.63, 3.8) is 0 Å². The number of carbonyl (C=O) groups is 2. The topological polar surface area (TPSA) is 96.3 Å². The first-order valence-electron chi connectivity index (χ1n) is 12.6. The lowest BCUT2D eigenvalue weighted by Crippen LogP contribution is -2.25. The zero-order valence-corrected chi connectivity index (χ0v) is 22.1. The number of rotatable bonds is 8. The van der Waals surface area contributed by atoms with E-state index in [0.29, 0.717) is 29.1 Å². The summed E-state index contributed by atoms with van der Waals surface area (Å²) in [6, 6.07) is 16.4. The largest absolute Gasteiger partial charge is 0.346 e. The van der Waals surface area contributed by atoms with E-state index in [1.165, 1.54) is 0 Å². The van der Waals surface area contributed by atoms with Crippen molar-refractivity contribution in [3.8, 4) is 11.3 Å². The lowest BCUT2D eigenvalue weighted by molar-refractivity contribution is 0.0956. The van der Waals surface area contributed by atoms with E-state index in [0.717, 1.165) is 39.7 Å². The van der Waals surface area contributed by atoms with Crippen molar-refractivity contribution in [1.29, 1.82) is 0 Å². The van der Waals surface area contributed by atoms with Crippen molar-refractivity contribution in [1.82, 2.24) is 15.3 Å². The molecule has 0 unspecified atom stereocenters. The molecule has 0 saturated heterocycles. The van der Waals surface area contributed by atoms with Crippen LogP contribution in [0.2, 0.25) is 0 Å². The van der Waals surface area contributed by atoms with Crippen LogP contribution in [0.3, 0.4) is 0 Å². The summed E-state index contributed by atoms with van der Waals surface area (Å²) in [6.45, 7) is 8.24. The van der Waals surface area contributed by atoms with Gasteiger partial charge in [-0.25, -0.2) is 4.98 Å². The summed E-state index contributed by atoms with van der Waals surface area (Å²) in [6.07, 6.45) is 7.96. The fourth-order valence-corrected chi connectivity index (χ4v) is 4.14. The van der Waals surface area contributed by atoms with Crippen LogP contribution >= 0.6 is 0 Å². The van der Waals surface area contributed by atoms with Gasteiger partial charge in [0.15, 0.2) is 0 Å². The minimum absolute atomic E-state index is 0.207. The molecule has 0 atom stereocenters. The highest BCUT2D eigenvalue weighted by Crippen LogP contribution is 2.28. The van der Waals surface area contributed by atoms with Gasteiger partial charge < -0.3 is 10.6 Å². The molecule has 2 N–H and O–H groups in total. The first kappa shape index (κ1) is 26.4. The molecule has 0 aliphatic rings. The number of pyridine rings is 2. The molecular formula is C31H31N5O2. The molecular weight excluding hydrogens is 474 g/mol. The third kappa shape index (κ3) is 6.18. The molecule has 0 aliphatic carbocycles. The van der Waals surface area contributed by atoms with Crippen molar-refractivity contribution < 1.29 is 9.59 Å². The predicted molar refractivity (Wildman–Crippen MR) is 154 cm³/mol. The maximum Gasteiger partial charge on any atom is 0.256 e. The smallest absolute Gasteiger partial charge is 0.256 e. The van der Waals surface area contributed by atoms with Gasteiger partial charge in [-0.2, -0.15) is 0 Å². The highest BCUT2D eigenvalue weighted by Gasteiger charge is 2.16. The number of nitrogens with zero attached hydrogens (tertiary/aromatic N) is 3. The molecule has 0 spiro atoms. The molecule has 38 heavy (non-hydrogen) atoms. The van der Waals surface area contributed by atoms with E-state index in [4.69, 9.17) is 4.98 Å². The zero-order valence-electron chi connectivity index (χ0n) is 22.1. The number of amides is 2. The number of hydrogen-bond acceptors (Lipinski definition) is 5. The Kier molecular flexibility index (Phi) is 8.38. The molecule has 0 radical (unpaired) electrons. The highest BCUT2D eigenvalue weighted by atomic mass is 16.2. The molecule has 4 rings (SSSR count). The Morgan fingerprint density at radius 2 is 1.82 bits per heavy atom.